The van der Waals surface area contributed by atoms with Gasteiger partial charge >= 0.3 is 5.97 Å². The Kier molecular flexibility index (Phi) is 8.72. The summed E-state index contributed by atoms with van der Waals surface area (Å²) in [5.41, 5.74) is 0.864. The SMILES string of the molecule is CCC(C)C(=O)Nc1ccc(Oc2c(C)c(C(=O)O)nn2-c2ccccc2)c(S(=O)(=O)N(CC)CC)c1. The number of ether oxygens (including phenoxy) is 1. The van der Waals surface area contributed by atoms with Crippen LogP contribution in [-0.2, 0) is 14.8 Å². The molecule has 0 aliphatic heterocycles. The summed E-state index contributed by atoms with van der Waals surface area (Å²) in [4.78, 5) is 24.1. The zero-order chi connectivity index (χ0) is 27.3. The fourth-order valence-corrected chi connectivity index (χ4v) is 5.27. The van der Waals surface area contributed by atoms with E-state index in [0.717, 1.165) is 0 Å². The van der Waals surface area contributed by atoms with Crippen LogP contribution in [0.1, 0.15) is 50.2 Å². The Morgan fingerprint density at radius 1 is 1.11 bits per heavy atom. The number of amides is 1. The molecular formula is C26H32N4O6S. The summed E-state index contributed by atoms with van der Waals surface area (Å²) in [6, 6.07) is 13.2. The highest BCUT2D eigenvalue weighted by Crippen LogP contribution is 2.36. The largest absolute Gasteiger partial charge is 0.476 e. The fourth-order valence-electron chi connectivity index (χ4n) is 3.68. The van der Waals surface area contributed by atoms with Gasteiger partial charge in [0, 0.05) is 30.3 Å². The molecular weight excluding hydrogens is 496 g/mol. The van der Waals surface area contributed by atoms with Crippen molar-refractivity contribution < 1.29 is 27.9 Å². The minimum absolute atomic E-state index is 0.0226. The molecule has 2 N–H and O–H groups in total. The third-order valence-corrected chi connectivity index (χ3v) is 8.14. The van der Waals surface area contributed by atoms with Gasteiger partial charge in [-0.3, -0.25) is 4.79 Å². The van der Waals surface area contributed by atoms with Crippen LogP contribution in [0.2, 0.25) is 0 Å². The lowest BCUT2D eigenvalue weighted by Crippen LogP contribution is -2.31. The number of hydrogen-bond donors (Lipinski definition) is 2. The van der Waals surface area contributed by atoms with E-state index in [1.54, 1.807) is 64.1 Å². The molecule has 0 aliphatic rings. The number of benzene rings is 2. The minimum Gasteiger partial charge on any atom is -0.476 e. The number of aromatic nitrogens is 2. The monoisotopic (exact) mass is 528 g/mol. The second-order valence-electron chi connectivity index (χ2n) is 8.48. The molecule has 0 saturated heterocycles. The van der Waals surface area contributed by atoms with Gasteiger partial charge in [-0.05, 0) is 43.7 Å². The standard InChI is InChI=1S/C26H32N4O6S/c1-6-17(4)24(31)27-19-14-15-21(22(16-19)37(34,35)29(7-2)8-3)36-25-18(5)23(26(32)33)28-30(25)20-12-10-9-11-13-20/h9-17H,6-8H2,1-5H3,(H,27,31)(H,32,33). The predicted molar refractivity (Wildman–Crippen MR) is 140 cm³/mol. The highest BCUT2D eigenvalue weighted by molar-refractivity contribution is 7.89. The Balaban J connectivity index is 2.18. The summed E-state index contributed by atoms with van der Waals surface area (Å²) >= 11 is 0. The lowest BCUT2D eigenvalue weighted by Gasteiger charge is -2.21. The molecule has 1 unspecified atom stereocenters. The molecule has 11 heteroatoms. The summed E-state index contributed by atoms with van der Waals surface area (Å²) in [5.74, 6) is -1.68. The van der Waals surface area contributed by atoms with Crippen molar-refractivity contribution in [2.45, 2.75) is 45.9 Å². The van der Waals surface area contributed by atoms with E-state index in [4.69, 9.17) is 4.74 Å². The maximum absolute atomic E-state index is 13.6. The van der Waals surface area contributed by atoms with Gasteiger partial charge in [-0.2, -0.15) is 14.1 Å². The second kappa shape index (κ2) is 11.6. The molecule has 1 aromatic heterocycles. The van der Waals surface area contributed by atoms with Gasteiger partial charge in [-0.15, -0.1) is 0 Å². The van der Waals surface area contributed by atoms with Gasteiger partial charge in [0.1, 0.15) is 10.6 Å². The molecule has 1 atom stereocenters. The lowest BCUT2D eigenvalue weighted by atomic mass is 10.1. The van der Waals surface area contributed by atoms with Crippen molar-refractivity contribution in [1.29, 1.82) is 0 Å². The fraction of sp³-hybridized carbons (Fsp3) is 0.346. The third kappa shape index (κ3) is 5.83. The van der Waals surface area contributed by atoms with Gasteiger partial charge in [0.2, 0.25) is 21.8 Å². The highest BCUT2D eigenvalue weighted by Gasteiger charge is 2.29. The number of carbonyl (C=O) groups is 2. The van der Waals surface area contributed by atoms with Crippen molar-refractivity contribution in [3.8, 4) is 17.3 Å². The zero-order valence-electron chi connectivity index (χ0n) is 21.6. The number of rotatable bonds is 11. The van der Waals surface area contributed by atoms with Crippen LogP contribution >= 0.6 is 0 Å². The number of carboxylic acids is 1. The van der Waals surface area contributed by atoms with Crippen LogP contribution in [0.4, 0.5) is 5.69 Å². The topological polar surface area (TPSA) is 131 Å². The number of aromatic carboxylic acids is 1. The lowest BCUT2D eigenvalue weighted by molar-refractivity contribution is -0.119. The van der Waals surface area contributed by atoms with Crippen molar-refractivity contribution in [2.24, 2.45) is 5.92 Å². The van der Waals surface area contributed by atoms with Crippen LogP contribution in [0.15, 0.2) is 53.4 Å². The van der Waals surface area contributed by atoms with E-state index in [0.29, 0.717) is 17.8 Å². The first-order chi connectivity index (χ1) is 17.5. The van der Waals surface area contributed by atoms with E-state index in [2.05, 4.69) is 10.4 Å². The van der Waals surface area contributed by atoms with Crippen molar-refractivity contribution >= 4 is 27.6 Å². The molecule has 0 radical (unpaired) electrons. The highest BCUT2D eigenvalue weighted by atomic mass is 32.2. The van der Waals surface area contributed by atoms with Crippen molar-refractivity contribution in [3.05, 3.63) is 59.8 Å². The molecule has 10 nitrogen and oxygen atoms in total. The van der Waals surface area contributed by atoms with E-state index >= 15 is 0 Å². The Bertz CT molecular complexity index is 1380. The molecule has 0 saturated carbocycles. The van der Waals surface area contributed by atoms with Gasteiger partial charge < -0.3 is 15.2 Å². The summed E-state index contributed by atoms with van der Waals surface area (Å²) in [5, 5.41) is 16.6. The number of nitrogens with one attached hydrogen (secondary N) is 1. The van der Waals surface area contributed by atoms with Gasteiger partial charge in [-0.1, -0.05) is 45.9 Å². The van der Waals surface area contributed by atoms with E-state index in [9.17, 15) is 23.1 Å². The molecule has 1 amide bonds. The van der Waals surface area contributed by atoms with Crippen LogP contribution in [0.25, 0.3) is 5.69 Å². The second-order valence-corrected chi connectivity index (χ2v) is 10.4. The quantitative estimate of drug-likeness (QED) is 0.369. The smallest absolute Gasteiger partial charge is 0.356 e. The number of carbonyl (C=O) groups excluding carboxylic acids is 1. The molecule has 3 aromatic rings. The van der Waals surface area contributed by atoms with Crippen LogP contribution < -0.4 is 10.1 Å². The minimum atomic E-state index is -4.02. The van der Waals surface area contributed by atoms with E-state index in [-0.39, 0.29) is 52.7 Å². The third-order valence-electron chi connectivity index (χ3n) is 6.07. The van der Waals surface area contributed by atoms with Crippen LogP contribution in [0.3, 0.4) is 0 Å². The number of para-hydroxylation sites is 1. The van der Waals surface area contributed by atoms with Crippen LogP contribution in [-0.4, -0.2) is 52.6 Å². The number of sulfonamides is 1. The summed E-state index contributed by atoms with van der Waals surface area (Å²) in [6.07, 6.45) is 0.631. The van der Waals surface area contributed by atoms with Crippen LogP contribution in [0.5, 0.6) is 11.6 Å². The zero-order valence-corrected chi connectivity index (χ0v) is 22.4. The Morgan fingerprint density at radius 3 is 2.32 bits per heavy atom. The maximum atomic E-state index is 13.6. The normalized spacial score (nSPS) is 12.4. The first-order valence-electron chi connectivity index (χ1n) is 12.1. The Morgan fingerprint density at radius 2 is 1.76 bits per heavy atom. The molecule has 0 bridgehead atoms. The van der Waals surface area contributed by atoms with Crippen molar-refractivity contribution in [1.82, 2.24) is 14.1 Å². The summed E-state index contributed by atoms with van der Waals surface area (Å²) < 4.78 is 35.9. The number of anilines is 1. The van der Waals surface area contributed by atoms with E-state index in [1.807, 2.05) is 6.92 Å². The molecule has 198 valence electrons. The van der Waals surface area contributed by atoms with Crippen molar-refractivity contribution in [2.75, 3.05) is 18.4 Å². The van der Waals surface area contributed by atoms with E-state index < -0.39 is 16.0 Å². The van der Waals surface area contributed by atoms with Gasteiger partial charge in [0.05, 0.1) is 5.69 Å². The molecule has 2 aromatic carbocycles. The number of carboxylic acid groups (broad SMARTS) is 1. The Hall–Kier alpha value is -3.70. The molecule has 0 spiro atoms. The maximum Gasteiger partial charge on any atom is 0.356 e. The first-order valence-corrected chi connectivity index (χ1v) is 13.5. The number of nitrogens with zero attached hydrogens (tertiary/aromatic N) is 3. The summed E-state index contributed by atoms with van der Waals surface area (Å²) in [6.45, 7) is 9.13. The molecule has 37 heavy (non-hydrogen) atoms. The average Bonchev–Trinajstić information content (AvgIpc) is 3.21. The number of hydrogen-bond acceptors (Lipinski definition) is 6. The van der Waals surface area contributed by atoms with Gasteiger partial charge in [0.15, 0.2) is 5.69 Å². The van der Waals surface area contributed by atoms with E-state index in [1.165, 1.54) is 21.1 Å². The van der Waals surface area contributed by atoms with Gasteiger partial charge in [0.25, 0.3) is 0 Å². The molecule has 0 fully saturated rings. The van der Waals surface area contributed by atoms with Crippen molar-refractivity contribution in [3.63, 3.8) is 0 Å². The Labute approximate surface area is 216 Å². The predicted octanol–water partition coefficient (Wildman–Crippen LogP) is 4.69. The molecule has 0 aliphatic carbocycles. The van der Waals surface area contributed by atoms with Gasteiger partial charge in [-0.25, -0.2) is 13.2 Å². The first kappa shape index (κ1) is 27.9. The average molecular weight is 529 g/mol. The van der Waals surface area contributed by atoms with Crippen LogP contribution in [0, 0.1) is 12.8 Å². The molecule has 1 heterocycles. The molecule has 3 rings (SSSR count). The summed E-state index contributed by atoms with van der Waals surface area (Å²) in [7, 11) is -4.02.